The molecule has 0 aromatic heterocycles. The van der Waals surface area contributed by atoms with E-state index in [0.717, 1.165) is 4.62 Å². The zero-order valence-electron chi connectivity index (χ0n) is 13.3. The van der Waals surface area contributed by atoms with Crippen molar-refractivity contribution in [2.24, 2.45) is 17.0 Å². The number of fused-ring (bicyclic) bond motifs is 1. The Labute approximate surface area is 144 Å². The van der Waals surface area contributed by atoms with Gasteiger partial charge in [0, 0.05) is 6.54 Å². The zero-order valence-corrected chi connectivity index (χ0v) is 14.9. The summed E-state index contributed by atoms with van der Waals surface area (Å²) in [5.74, 6) is 0.217. The number of ether oxygens (including phenoxy) is 1. The molecule has 0 aromatic rings. The van der Waals surface area contributed by atoms with Crippen LogP contribution in [0.4, 0.5) is 4.79 Å². The van der Waals surface area contributed by atoms with Crippen molar-refractivity contribution in [2.45, 2.75) is 32.4 Å². The van der Waals surface area contributed by atoms with Crippen molar-refractivity contribution in [3.63, 3.8) is 0 Å². The first-order valence-corrected chi connectivity index (χ1v) is 8.43. The summed E-state index contributed by atoms with van der Waals surface area (Å²) >= 11 is 3.36. The Bertz CT molecular complexity index is 509. The van der Waals surface area contributed by atoms with Crippen LogP contribution in [0, 0.1) is 11.8 Å². The molecule has 2 aliphatic rings. The highest BCUT2D eigenvalue weighted by atomic mass is 79.9. The quantitative estimate of drug-likeness (QED) is 0.705. The Morgan fingerprint density at radius 2 is 2.30 bits per heavy atom. The second-order valence-corrected chi connectivity index (χ2v) is 6.93. The fourth-order valence-electron chi connectivity index (χ4n) is 2.71. The number of hydrogen-bond donors (Lipinski definition) is 1. The van der Waals surface area contributed by atoms with E-state index < -0.39 is 12.1 Å². The molecule has 3 atom stereocenters. The van der Waals surface area contributed by atoms with Gasteiger partial charge < -0.3 is 19.8 Å². The van der Waals surface area contributed by atoms with Crippen LogP contribution in [0.15, 0.2) is 17.8 Å². The summed E-state index contributed by atoms with van der Waals surface area (Å²) in [6.07, 6.45) is 1.31. The van der Waals surface area contributed by atoms with Crippen LogP contribution in [-0.2, 0) is 14.4 Å². The molecule has 8 heteroatoms. The molecule has 1 N–H and O–H groups in total. The molecule has 0 spiro atoms. The Morgan fingerprint density at radius 3 is 2.91 bits per heavy atom. The van der Waals surface area contributed by atoms with Crippen molar-refractivity contribution in [2.75, 3.05) is 19.7 Å². The van der Waals surface area contributed by atoms with Gasteiger partial charge >= 0.3 is 6.09 Å². The molecule has 0 aliphatic carbocycles. The number of likely N-dealkylation sites (tertiary alicyclic amines) is 1. The van der Waals surface area contributed by atoms with Gasteiger partial charge in [0.25, 0.3) is 0 Å². The van der Waals surface area contributed by atoms with E-state index >= 15 is 0 Å². The second-order valence-electron chi connectivity index (χ2n) is 6.12. The fourth-order valence-corrected chi connectivity index (χ4v) is 3.23. The van der Waals surface area contributed by atoms with Crippen molar-refractivity contribution >= 4 is 32.6 Å². The molecule has 2 heterocycles. The van der Waals surface area contributed by atoms with Crippen LogP contribution in [0.3, 0.4) is 0 Å². The number of nitrogens with zero attached hydrogens (tertiary/aromatic N) is 2. The Hall–Kier alpha value is -1.57. The Kier molecular flexibility index (Phi) is 6.04. The highest BCUT2D eigenvalue weighted by Gasteiger charge is 2.44. The number of nitrogens with one attached hydrogen (secondary N) is 1. The van der Waals surface area contributed by atoms with Crippen molar-refractivity contribution in [1.29, 1.82) is 0 Å². The molecule has 0 aromatic carbocycles. The first-order valence-electron chi connectivity index (χ1n) is 7.64. The number of carbonyl (C=O) groups excluding carboxylic acids is 2. The predicted molar refractivity (Wildman–Crippen MR) is 89.2 cm³/mol. The highest BCUT2D eigenvalue weighted by Crippen LogP contribution is 2.30. The number of carbonyl (C=O) groups is 2. The maximum absolute atomic E-state index is 12.8. The molecule has 1 fully saturated rings. The van der Waals surface area contributed by atoms with E-state index in [0.29, 0.717) is 19.5 Å². The molecule has 23 heavy (non-hydrogen) atoms. The van der Waals surface area contributed by atoms with E-state index in [-0.39, 0.29) is 30.5 Å². The minimum atomic E-state index is -0.609. The SMILES string of the molecule is C=CCOC(=O)N[C@@H](CC(C)C)C(=O)N1CC2ON=C(Br)C2C1. The van der Waals surface area contributed by atoms with E-state index in [2.05, 4.69) is 33.0 Å². The average Bonchev–Trinajstić information content (AvgIpc) is 3.06. The fraction of sp³-hybridized carbons (Fsp3) is 0.667. The van der Waals surface area contributed by atoms with Gasteiger partial charge in [-0.2, -0.15) is 0 Å². The van der Waals surface area contributed by atoms with Gasteiger partial charge in [0.05, 0.1) is 12.5 Å². The molecule has 7 nitrogen and oxygen atoms in total. The standard InChI is InChI=1S/C15H22BrN3O4/c1-4-5-22-15(21)17-11(6-9(2)3)14(20)19-7-10-12(8-19)23-18-13(10)16/h4,9-12H,1,5-8H2,2-3H3,(H,17,21)/t10?,11-,12?/m0/s1. The molecule has 0 bridgehead atoms. The zero-order chi connectivity index (χ0) is 17.0. The van der Waals surface area contributed by atoms with Gasteiger partial charge in [0.15, 0.2) is 6.10 Å². The van der Waals surface area contributed by atoms with Gasteiger partial charge in [-0.3, -0.25) is 4.79 Å². The normalized spacial score (nSPS) is 23.8. The van der Waals surface area contributed by atoms with Crippen LogP contribution in [-0.4, -0.2) is 53.4 Å². The maximum atomic E-state index is 12.8. The van der Waals surface area contributed by atoms with Gasteiger partial charge in [0.2, 0.25) is 5.91 Å². The largest absolute Gasteiger partial charge is 0.445 e. The number of oxime groups is 1. The molecule has 0 radical (unpaired) electrons. The van der Waals surface area contributed by atoms with E-state index in [1.165, 1.54) is 6.08 Å². The first kappa shape index (κ1) is 17.8. The van der Waals surface area contributed by atoms with Crippen LogP contribution in [0.5, 0.6) is 0 Å². The van der Waals surface area contributed by atoms with Gasteiger partial charge in [-0.15, -0.1) is 0 Å². The minimum Gasteiger partial charge on any atom is -0.445 e. The van der Waals surface area contributed by atoms with Gasteiger partial charge in [0.1, 0.15) is 17.3 Å². The molecular weight excluding hydrogens is 366 g/mol. The maximum Gasteiger partial charge on any atom is 0.408 e. The lowest BCUT2D eigenvalue weighted by Gasteiger charge is -2.25. The lowest BCUT2D eigenvalue weighted by molar-refractivity contribution is -0.133. The molecule has 2 aliphatic heterocycles. The van der Waals surface area contributed by atoms with Crippen molar-refractivity contribution in [3.05, 3.63) is 12.7 Å². The molecule has 0 saturated carbocycles. The van der Waals surface area contributed by atoms with E-state index in [9.17, 15) is 9.59 Å². The molecule has 2 rings (SSSR count). The smallest absolute Gasteiger partial charge is 0.408 e. The summed E-state index contributed by atoms with van der Waals surface area (Å²) in [6, 6.07) is -0.609. The van der Waals surface area contributed by atoms with Crippen LogP contribution >= 0.6 is 15.9 Å². The average molecular weight is 388 g/mol. The Balaban J connectivity index is 1.98. The lowest BCUT2D eigenvalue weighted by Crippen LogP contribution is -2.49. The summed E-state index contributed by atoms with van der Waals surface area (Å²) in [5, 5.41) is 6.54. The highest BCUT2D eigenvalue weighted by molar-refractivity contribution is 9.18. The number of amides is 2. The number of hydrogen-bond acceptors (Lipinski definition) is 5. The first-order chi connectivity index (χ1) is 10.9. The van der Waals surface area contributed by atoms with Crippen molar-refractivity contribution < 1.29 is 19.2 Å². The van der Waals surface area contributed by atoms with Gasteiger partial charge in [-0.25, -0.2) is 4.79 Å². The van der Waals surface area contributed by atoms with E-state index in [4.69, 9.17) is 9.57 Å². The van der Waals surface area contributed by atoms with Gasteiger partial charge in [-0.1, -0.05) is 31.7 Å². The summed E-state index contributed by atoms with van der Waals surface area (Å²) in [6.45, 7) is 8.61. The summed E-state index contributed by atoms with van der Waals surface area (Å²) < 4.78 is 5.65. The third-order valence-corrected chi connectivity index (χ3v) is 4.52. The third kappa shape index (κ3) is 4.46. The topological polar surface area (TPSA) is 80.2 Å². The van der Waals surface area contributed by atoms with E-state index in [1.807, 2.05) is 13.8 Å². The molecule has 128 valence electrons. The molecule has 1 saturated heterocycles. The predicted octanol–water partition coefficient (Wildman–Crippen LogP) is 1.88. The summed E-state index contributed by atoms with van der Waals surface area (Å²) in [5.41, 5.74) is 0. The van der Waals surface area contributed by atoms with Crippen LogP contribution in [0.2, 0.25) is 0 Å². The summed E-state index contributed by atoms with van der Waals surface area (Å²) in [4.78, 5) is 31.5. The third-order valence-electron chi connectivity index (χ3n) is 3.79. The second kappa shape index (κ2) is 7.81. The van der Waals surface area contributed by atoms with Crippen LogP contribution in [0.25, 0.3) is 0 Å². The Morgan fingerprint density at radius 1 is 1.57 bits per heavy atom. The van der Waals surface area contributed by atoms with Crippen LogP contribution in [0.1, 0.15) is 20.3 Å². The monoisotopic (exact) mass is 387 g/mol. The number of halogens is 1. The minimum absolute atomic E-state index is 0.0753. The number of rotatable bonds is 6. The molecular formula is C15H22BrN3O4. The van der Waals surface area contributed by atoms with Gasteiger partial charge in [-0.05, 0) is 28.3 Å². The van der Waals surface area contributed by atoms with Crippen molar-refractivity contribution in [1.82, 2.24) is 10.2 Å². The lowest BCUT2D eigenvalue weighted by atomic mass is 10.0. The molecule has 2 amide bonds. The van der Waals surface area contributed by atoms with E-state index in [1.54, 1.807) is 4.90 Å². The molecule has 2 unspecified atom stereocenters. The van der Waals surface area contributed by atoms with Crippen molar-refractivity contribution in [3.8, 4) is 0 Å². The summed E-state index contributed by atoms with van der Waals surface area (Å²) in [7, 11) is 0. The number of alkyl carbamates (subject to hydrolysis) is 1. The van der Waals surface area contributed by atoms with Crippen LogP contribution < -0.4 is 5.32 Å².